The molecule has 0 aliphatic heterocycles. The minimum Gasteiger partial charge on any atom is -0.293 e. The smallest absolute Gasteiger partial charge is 0.250 e. The monoisotopic (exact) mass is 573 g/mol. The molecule has 0 saturated heterocycles. The van der Waals surface area contributed by atoms with Crippen LogP contribution in [0.1, 0.15) is 40.2 Å². The number of carbonyl (C=O) groups excluding carboxylic acids is 2. The van der Waals surface area contributed by atoms with Crippen molar-refractivity contribution in [1.29, 1.82) is 0 Å². The highest BCUT2D eigenvalue weighted by Crippen LogP contribution is 2.35. The number of benzene rings is 2. The zero-order valence-electron chi connectivity index (χ0n) is 16.8. The summed E-state index contributed by atoms with van der Waals surface area (Å²) in [6.45, 7) is 1.90. The van der Waals surface area contributed by atoms with E-state index < -0.39 is 5.92 Å². The van der Waals surface area contributed by atoms with Crippen LogP contribution in [0.25, 0.3) is 6.08 Å². The number of halogens is 2. The van der Waals surface area contributed by atoms with Crippen molar-refractivity contribution in [2.45, 2.75) is 18.0 Å². The van der Waals surface area contributed by atoms with Gasteiger partial charge in [0.1, 0.15) is 11.7 Å². The Balaban J connectivity index is 1.36. The molecule has 10 heteroatoms. The van der Waals surface area contributed by atoms with Crippen LogP contribution < -0.4 is 5.43 Å². The number of carbonyl (C=O) groups is 2. The minimum atomic E-state index is -0.525. The summed E-state index contributed by atoms with van der Waals surface area (Å²) in [4.78, 5) is 29.6. The van der Waals surface area contributed by atoms with E-state index in [9.17, 15) is 9.59 Å². The normalized spacial score (nSPS) is 15.5. The summed E-state index contributed by atoms with van der Waals surface area (Å²) < 4.78 is 1.82. The molecule has 2 N–H and O–H groups in total. The lowest BCUT2D eigenvalue weighted by Gasteiger charge is -2.21. The first kappa shape index (κ1) is 22.6. The number of aromatic amines is 1. The molecule has 0 radical (unpaired) electrons. The molecular weight excluding hydrogens is 558 g/mol. The first-order valence-electron chi connectivity index (χ1n) is 9.55. The van der Waals surface area contributed by atoms with E-state index >= 15 is 0 Å². The van der Waals surface area contributed by atoms with E-state index in [1.54, 1.807) is 6.21 Å². The highest BCUT2D eigenvalue weighted by atomic mass is 79.9. The second kappa shape index (κ2) is 9.93. The second-order valence-corrected chi connectivity index (χ2v) is 9.83. The van der Waals surface area contributed by atoms with Gasteiger partial charge in [0.25, 0.3) is 5.91 Å². The minimum absolute atomic E-state index is 0.0333. The quantitative estimate of drug-likeness (QED) is 0.246. The Hall–Kier alpha value is -2.56. The topological polar surface area (TPSA) is 100 Å². The third-order valence-corrected chi connectivity index (χ3v) is 6.61. The van der Waals surface area contributed by atoms with Crippen molar-refractivity contribution in [1.82, 2.24) is 20.6 Å². The Kier molecular flexibility index (Phi) is 7.02. The summed E-state index contributed by atoms with van der Waals surface area (Å²) in [6, 6.07) is 13.2. The average Bonchev–Trinajstić information content (AvgIpc) is 3.23. The fraction of sp³-hybridized carbons (Fsp3) is 0.136. The van der Waals surface area contributed by atoms with Gasteiger partial charge in [0.05, 0.1) is 12.0 Å². The lowest BCUT2D eigenvalue weighted by molar-refractivity contribution is -0.118. The van der Waals surface area contributed by atoms with Gasteiger partial charge in [-0.3, -0.25) is 14.7 Å². The maximum atomic E-state index is 13.1. The molecule has 32 heavy (non-hydrogen) atoms. The molecule has 1 aliphatic rings. The van der Waals surface area contributed by atoms with E-state index in [0.29, 0.717) is 16.5 Å². The first-order chi connectivity index (χ1) is 15.4. The molecule has 162 valence electrons. The van der Waals surface area contributed by atoms with Gasteiger partial charge < -0.3 is 0 Å². The number of amides is 1. The van der Waals surface area contributed by atoms with Gasteiger partial charge >= 0.3 is 0 Å². The van der Waals surface area contributed by atoms with Gasteiger partial charge in [-0.15, -0.1) is 5.10 Å². The Morgan fingerprint density at radius 2 is 1.97 bits per heavy atom. The van der Waals surface area contributed by atoms with Gasteiger partial charge in [-0.25, -0.2) is 10.4 Å². The summed E-state index contributed by atoms with van der Waals surface area (Å²) in [5, 5.41) is 11.4. The van der Waals surface area contributed by atoms with Gasteiger partial charge in [0, 0.05) is 14.5 Å². The standard InChI is InChI=1S/C22H17Br2N5O2S/c1-12-8-14-4-7-16(24)9-17(14)20(31)19(12)21-26-22(29-28-21)32-11-18(30)27-25-10-13-2-5-15(23)6-3-13/h2-10,19H,11H2,1H3,(H,27,30)(H,26,28,29)/b25-10+. The molecule has 2 aromatic carbocycles. The van der Waals surface area contributed by atoms with Gasteiger partial charge in [0.15, 0.2) is 5.78 Å². The molecule has 4 rings (SSSR count). The molecule has 1 atom stereocenters. The van der Waals surface area contributed by atoms with Crippen LogP contribution in [0.2, 0.25) is 0 Å². The summed E-state index contributed by atoms with van der Waals surface area (Å²) in [6.07, 6.45) is 3.56. The first-order valence-corrected chi connectivity index (χ1v) is 12.1. The molecule has 0 saturated carbocycles. The maximum Gasteiger partial charge on any atom is 0.250 e. The van der Waals surface area contributed by atoms with Crippen LogP contribution in [-0.2, 0) is 4.79 Å². The number of thioether (sulfide) groups is 1. The predicted molar refractivity (Wildman–Crippen MR) is 132 cm³/mol. The lowest BCUT2D eigenvalue weighted by atomic mass is 9.82. The van der Waals surface area contributed by atoms with Crippen molar-refractivity contribution in [3.8, 4) is 0 Å². The van der Waals surface area contributed by atoms with Crippen molar-refractivity contribution >= 4 is 67.6 Å². The van der Waals surface area contributed by atoms with Crippen molar-refractivity contribution in [2.75, 3.05) is 5.75 Å². The Morgan fingerprint density at radius 1 is 1.22 bits per heavy atom. The molecular formula is C22H17Br2N5O2S. The fourth-order valence-corrected chi connectivity index (χ4v) is 4.46. The van der Waals surface area contributed by atoms with Crippen LogP contribution >= 0.6 is 43.6 Å². The average molecular weight is 575 g/mol. The van der Waals surface area contributed by atoms with Gasteiger partial charge in [-0.05, 0) is 42.3 Å². The zero-order valence-corrected chi connectivity index (χ0v) is 20.8. The van der Waals surface area contributed by atoms with E-state index in [-0.39, 0.29) is 17.4 Å². The molecule has 7 nitrogen and oxygen atoms in total. The molecule has 0 fully saturated rings. The van der Waals surface area contributed by atoms with Crippen LogP contribution in [0.4, 0.5) is 0 Å². The number of aromatic nitrogens is 3. The molecule has 3 aromatic rings. The number of hydrogen-bond donors (Lipinski definition) is 2. The largest absolute Gasteiger partial charge is 0.293 e. The fourth-order valence-electron chi connectivity index (χ4n) is 3.24. The highest BCUT2D eigenvalue weighted by molar-refractivity contribution is 9.10. The van der Waals surface area contributed by atoms with Crippen LogP contribution in [-0.4, -0.2) is 38.8 Å². The number of nitrogens with zero attached hydrogens (tertiary/aromatic N) is 3. The van der Waals surface area contributed by atoms with E-state index in [1.807, 2.05) is 55.5 Å². The van der Waals surface area contributed by atoms with E-state index in [0.717, 1.165) is 25.6 Å². The Labute approximate surface area is 205 Å². The number of H-pyrrole nitrogens is 1. The van der Waals surface area contributed by atoms with Crippen molar-refractivity contribution in [3.63, 3.8) is 0 Å². The van der Waals surface area contributed by atoms with Crippen LogP contribution in [0, 0.1) is 0 Å². The maximum absolute atomic E-state index is 13.1. The summed E-state index contributed by atoms with van der Waals surface area (Å²) in [5.41, 5.74) is 5.77. The number of rotatable bonds is 6. The Morgan fingerprint density at radius 3 is 2.75 bits per heavy atom. The molecule has 1 unspecified atom stereocenters. The molecule has 1 heterocycles. The highest BCUT2D eigenvalue weighted by Gasteiger charge is 2.32. The van der Waals surface area contributed by atoms with E-state index in [2.05, 4.69) is 57.6 Å². The van der Waals surface area contributed by atoms with Gasteiger partial charge in [0.2, 0.25) is 5.16 Å². The third-order valence-electron chi connectivity index (χ3n) is 4.74. The number of ketones is 1. The van der Waals surface area contributed by atoms with Crippen LogP contribution in [0.3, 0.4) is 0 Å². The number of fused-ring (bicyclic) bond motifs is 1. The second-order valence-electron chi connectivity index (χ2n) is 7.05. The lowest BCUT2D eigenvalue weighted by Crippen LogP contribution is -2.20. The van der Waals surface area contributed by atoms with Crippen LogP contribution in [0.15, 0.2) is 67.2 Å². The molecule has 1 aromatic heterocycles. The predicted octanol–water partition coefficient (Wildman–Crippen LogP) is 4.96. The van der Waals surface area contributed by atoms with Crippen molar-refractivity contribution in [2.24, 2.45) is 5.10 Å². The molecule has 0 bridgehead atoms. The third kappa shape index (κ3) is 5.25. The molecule has 1 amide bonds. The number of allylic oxidation sites excluding steroid dienone is 1. The van der Waals surface area contributed by atoms with Crippen LogP contribution in [0.5, 0.6) is 0 Å². The zero-order chi connectivity index (χ0) is 22.7. The number of hydrogen-bond acceptors (Lipinski definition) is 6. The SMILES string of the molecule is CC1=Cc2ccc(Br)cc2C(=O)C1c1nc(SCC(=O)N/N=C/c2ccc(Br)cc2)n[nH]1. The molecule has 0 spiro atoms. The summed E-state index contributed by atoms with van der Waals surface area (Å²) in [7, 11) is 0. The number of nitrogens with one attached hydrogen (secondary N) is 2. The van der Waals surface area contributed by atoms with Gasteiger partial charge in [-0.2, -0.15) is 5.10 Å². The Bertz CT molecular complexity index is 1240. The number of Topliss-reactive ketones (excluding diaryl/α,β-unsaturated/α-hetero) is 1. The summed E-state index contributed by atoms with van der Waals surface area (Å²) in [5.74, 6) is -0.279. The van der Waals surface area contributed by atoms with Crippen molar-refractivity contribution < 1.29 is 9.59 Å². The van der Waals surface area contributed by atoms with Gasteiger partial charge in [-0.1, -0.05) is 73.5 Å². The summed E-state index contributed by atoms with van der Waals surface area (Å²) >= 11 is 7.96. The molecule has 1 aliphatic carbocycles. The van der Waals surface area contributed by atoms with E-state index in [1.165, 1.54) is 11.8 Å². The van der Waals surface area contributed by atoms with E-state index in [4.69, 9.17) is 0 Å². The van der Waals surface area contributed by atoms with Crippen molar-refractivity contribution in [3.05, 3.63) is 79.5 Å². The number of hydrazone groups is 1.